The first-order chi connectivity index (χ1) is 10.0. The average molecular weight is 291 g/mol. The van der Waals surface area contributed by atoms with E-state index in [1.54, 1.807) is 0 Å². The van der Waals surface area contributed by atoms with Crippen LogP contribution in [0, 0.1) is 0 Å². The van der Waals surface area contributed by atoms with E-state index in [0.717, 1.165) is 4.90 Å². The SMILES string of the molecule is COC(=O)COC(=O)c1ccc(N2C(=O)CCC2=O)cc1. The van der Waals surface area contributed by atoms with Crippen molar-refractivity contribution in [2.45, 2.75) is 12.8 Å². The number of benzene rings is 1. The minimum atomic E-state index is -0.689. The summed E-state index contributed by atoms with van der Waals surface area (Å²) in [6.45, 7) is -0.472. The monoisotopic (exact) mass is 291 g/mol. The molecule has 1 aromatic carbocycles. The molecule has 0 bridgehead atoms. The lowest BCUT2D eigenvalue weighted by Crippen LogP contribution is -2.28. The Labute approximate surface area is 120 Å². The van der Waals surface area contributed by atoms with Gasteiger partial charge in [0, 0.05) is 12.8 Å². The molecule has 1 aliphatic heterocycles. The Morgan fingerprint density at radius 2 is 1.67 bits per heavy atom. The zero-order chi connectivity index (χ0) is 15.4. The van der Waals surface area contributed by atoms with E-state index in [1.807, 2.05) is 0 Å². The Balaban J connectivity index is 2.05. The van der Waals surface area contributed by atoms with Crippen LogP contribution >= 0.6 is 0 Å². The van der Waals surface area contributed by atoms with Gasteiger partial charge in [-0.3, -0.25) is 14.5 Å². The Hall–Kier alpha value is -2.70. The van der Waals surface area contributed by atoms with Gasteiger partial charge in [-0.15, -0.1) is 0 Å². The van der Waals surface area contributed by atoms with Crippen molar-refractivity contribution in [3.63, 3.8) is 0 Å². The van der Waals surface area contributed by atoms with Gasteiger partial charge in [0.2, 0.25) is 11.8 Å². The standard InChI is InChI=1S/C14H13NO6/c1-20-13(18)8-21-14(19)9-2-4-10(5-3-9)15-11(16)6-7-12(15)17/h2-5H,6-8H2,1H3. The van der Waals surface area contributed by atoms with E-state index in [0.29, 0.717) is 5.69 Å². The molecule has 21 heavy (non-hydrogen) atoms. The van der Waals surface area contributed by atoms with Crippen molar-refractivity contribution in [3.8, 4) is 0 Å². The van der Waals surface area contributed by atoms with Gasteiger partial charge >= 0.3 is 11.9 Å². The van der Waals surface area contributed by atoms with E-state index < -0.39 is 18.5 Å². The molecule has 7 heteroatoms. The third kappa shape index (κ3) is 3.25. The fourth-order valence-corrected chi connectivity index (χ4v) is 1.88. The largest absolute Gasteiger partial charge is 0.466 e. The molecule has 1 heterocycles. The summed E-state index contributed by atoms with van der Waals surface area (Å²) >= 11 is 0. The molecule has 0 saturated carbocycles. The van der Waals surface area contributed by atoms with Gasteiger partial charge in [0.05, 0.1) is 18.4 Å². The summed E-state index contributed by atoms with van der Waals surface area (Å²) in [5.41, 5.74) is 0.619. The molecule has 2 amide bonds. The highest BCUT2D eigenvalue weighted by Crippen LogP contribution is 2.22. The van der Waals surface area contributed by atoms with Crippen LogP contribution < -0.4 is 4.90 Å². The van der Waals surface area contributed by atoms with Crippen LogP contribution in [-0.2, 0) is 23.9 Å². The Morgan fingerprint density at radius 3 is 2.19 bits per heavy atom. The highest BCUT2D eigenvalue weighted by molar-refractivity contribution is 6.19. The predicted octanol–water partition coefficient (Wildman–Crippen LogP) is 0.670. The van der Waals surface area contributed by atoms with Gasteiger partial charge in [0.1, 0.15) is 0 Å². The molecule has 2 rings (SSSR count). The number of nitrogens with zero attached hydrogens (tertiary/aromatic N) is 1. The van der Waals surface area contributed by atoms with Crippen LogP contribution in [0.5, 0.6) is 0 Å². The van der Waals surface area contributed by atoms with E-state index in [9.17, 15) is 19.2 Å². The topological polar surface area (TPSA) is 90.0 Å². The summed E-state index contributed by atoms with van der Waals surface area (Å²) in [4.78, 5) is 46.8. The lowest BCUT2D eigenvalue weighted by atomic mass is 10.2. The molecule has 0 radical (unpaired) electrons. The smallest absolute Gasteiger partial charge is 0.344 e. The number of hydrogen-bond acceptors (Lipinski definition) is 6. The summed E-state index contributed by atoms with van der Waals surface area (Å²) in [6, 6.07) is 5.81. The van der Waals surface area contributed by atoms with Crippen molar-refractivity contribution >= 4 is 29.4 Å². The molecule has 1 aromatic rings. The Morgan fingerprint density at radius 1 is 1.10 bits per heavy atom. The van der Waals surface area contributed by atoms with Crippen molar-refractivity contribution < 1.29 is 28.7 Å². The van der Waals surface area contributed by atoms with Gasteiger partial charge in [-0.1, -0.05) is 0 Å². The molecule has 0 aliphatic carbocycles. The number of carbonyl (C=O) groups excluding carboxylic acids is 4. The summed E-state index contributed by atoms with van der Waals surface area (Å²) in [7, 11) is 1.19. The molecule has 0 N–H and O–H groups in total. The van der Waals surface area contributed by atoms with E-state index in [2.05, 4.69) is 4.74 Å². The molecule has 0 atom stereocenters. The third-order valence-corrected chi connectivity index (χ3v) is 2.96. The second-order valence-corrected chi connectivity index (χ2v) is 4.32. The number of ether oxygens (including phenoxy) is 2. The number of hydrogen-bond donors (Lipinski definition) is 0. The number of methoxy groups -OCH3 is 1. The normalized spacial score (nSPS) is 14.2. The third-order valence-electron chi connectivity index (χ3n) is 2.96. The zero-order valence-corrected chi connectivity index (χ0v) is 11.3. The van der Waals surface area contributed by atoms with Crippen molar-refractivity contribution in [2.75, 3.05) is 18.6 Å². The van der Waals surface area contributed by atoms with E-state index in [1.165, 1.54) is 31.4 Å². The first-order valence-electron chi connectivity index (χ1n) is 6.22. The minimum Gasteiger partial charge on any atom is -0.466 e. The number of esters is 2. The minimum absolute atomic E-state index is 0.196. The molecule has 0 spiro atoms. The second-order valence-electron chi connectivity index (χ2n) is 4.32. The van der Waals surface area contributed by atoms with Gasteiger partial charge in [-0.2, -0.15) is 0 Å². The Kier molecular flexibility index (Phi) is 4.32. The summed E-state index contributed by atoms with van der Waals surface area (Å²) in [5, 5.41) is 0. The van der Waals surface area contributed by atoms with E-state index in [-0.39, 0.29) is 30.2 Å². The van der Waals surface area contributed by atoms with Gasteiger partial charge in [0.15, 0.2) is 6.61 Å². The summed E-state index contributed by atoms with van der Waals surface area (Å²) < 4.78 is 9.08. The van der Waals surface area contributed by atoms with Crippen LogP contribution in [0.1, 0.15) is 23.2 Å². The van der Waals surface area contributed by atoms with Crippen molar-refractivity contribution in [3.05, 3.63) is 29.8 Å². The molecule has 110 valence electrons. The lowest BCUT2D eigenvalue weighted by Gasteiger charge is -2.13. The second kappa shape index (κ2) is 6.17. The number of rotatable bonds is 4. The highest BCUT2D eigenvalue weighted by atomic mass is 16.6. The first kappa shape index (κ1) is 14.7. The Bertz CT molecular complexity index is 576. The molecule has 0 aromatic heterocycles. The molecular weight excluding hydrogens is 278 g/mol. The van der Waals surface area contributed by atoms with Crippen molar-refractivity contribution in [1.29, 1.82) is 0 Å². The summed E-state index contributed by atoms with van der Waals surface area (Å²) in [5.74, 6) is -1.87. The quantitative estimate of drug-likeness (QED) is 0.598. The maximum atomic E-state index is 11.6. The van der Waals surface area contributed by atoms with Gasteiger partial charge in [-0.25, -0.2) is 9.59 Å². The number of imide groups is 1. The van der Waals surface area contributed by atoms with Crippen LogP contribution in [-0.4, -0.2) is 37.5 Å². The zero-order valence-electron chi connectivity index (χ0n) is 11.3. The van der Waals surface area contributed by atoms with E-state index in [4.69, 9.17) is 4.74 Å². The van der Waals surface area contributed by atoms with Crippen molar-refractivity contribution in [2.24, 2.45) is 0 Å². The average Bonchev–Trinajstić information content (AvgIpc) is 2.83. The van der Waals surface area contributed by atoms with Crippen molar-refractivity contribution in [1.82, 2.24) is 0 Å². The number of anilines is 1. The number of amides is 2. The van der Waals surface area contributed by atoms with Gasteiger partial charge < -0.3 is 9.47 Å². The molecule has 1 aliphatic rings. The van der Waals surface area contributed by atoms with Crippen LogP contribution in [0.25, 0.3) is 0 Å². The molecular formula is C14H13NO6. The van der Waals surface area contributed by atoms with Crippen LogP contribution in [0.15, 0.2) is 24.3 Å². The summed E-state index contributed by atoms with van der Waals surface area (Å²) in [6.07, 6.45) is 0.392. The first-order valence-corrected chi connectivity index (χ1v) is 6.22. The molecule has 0 unspecified atom stereocenters. The molecule has 1 saturated heterocycles. The van der Waals surface area contributed by atoms with Crippen LogP contribution in [0.2, 0.25) is 0 Å². The lowest BCUT2D eigenvalue weighted by molar-refractivity contribution is -0.144. The fourth-order valence-electron chi connectivity index (χ4n) is 1.88. The van der Waals surface area contributed by atoms with E-state index >= 15 is 0 Å². The maximum absolute atomic E-state index is 11.6. The van der Waals surface area contributed by atoms with Crippen LogP contribution in [0.3, 0.4) is 0 Å². The van der Waals surface area contributed by atoms with Crippen LogP contribution in [0.4, 0.5) is 5.69 Å². The predicted molar refractivity (Wildman–Crippen MR) is 70.5 cm³/mol. The number of carbonyl (C=O) groups is 4. The van der Waals surface area contributed by atoms with Gasteiger partial charge in [0.25, 0.3) is 0 Å². The highest BCUT2D eigenvalue weighted by Gasteiger charge is 2.30. The fraction of sp³-hybridized carbons (Fsp3) is 0.286. The molecule has 1 fully saturated rings. The maximum Gasteiger partial charge on any atom is 0.344 e. The van der Waals surface area contributed by atoms with Gasteiger partial charge in [-0.05, 0) is 24.3 Å². The molecule has 7 nitrogen and oxygen atoms in total.